The number of rotatable bonds is 4. The first kappa shape index (κ1) is 14.4. The molecular weight excluding hydrogens is 250 g/mol. The highest BCUT2D eigenvalue weighted by molar-refractivity contribution is 5.98. The molecular formula is C12H13N3O4. The molecule has 0 saturated heterocycles. The summed E-state index contributed by atoms with van der Waals surface area (Å²) in [5.41, 5.74) is -1.46. The van der Waals surface area contributed by atoms with Crippen LogP contribution in [-0.4, -0.2) is 15.9 Å². The normalized spacial score (nSPS) is 13.1. The van der Waals surface area contributed by atoms with Gasteiger partial charge in [0.15, 0.2) is 0 Å². The molecule has 0 bridgehead atoms. The number of non-ortho nitro benzene ring substituents is 1. The van der Waals surface area contributed by atoms with Crippen molar-refractivity contribution < 1.29 is 14.8 Å². The van der Waals surface area contributed by atoms with Gasteiger partial charge in [-0.3, -0.25) is 14.9 Å². The Morgan fingerprint density at radius 3 is 2.68 bits per heavy atom. The maximum absolute atomic E-state index is 11.9. The van der Waals surface area contributed by atoms with Gasteiger partial charge < -0.3 is 10.4 Å². The third kappa shape index (κ3) is 2.98. The molecule has 0 radical (unpaired) electrons. The minimum atomic E-state index is -1.21. The fourth-order valence-electron chi connectivity index (χ4n) is 1.29. The molecule has 7 nitrogen and oxygen atoms in total. The second kappa shape index (κ2) is 5.35. The van der Waals surface area contributed by atoms with Crippen LogP contribution in [-0.2, 0) is 4.79 Å². The van der Waals surface area contributed by atoms with Gasteiger partial charge in [0.2, 0.25) is 5.91 Å². The summed E-state index contributed by atoms with van der Waals surface area (Å²) in [4.78, 5) is 21.7. The number of amides is 1. The van der Waals surface area contributed by atoms with E-state index >= 15 is 0 Å². The van der Waals surface area contributed by atoms with E-state index in [1.165, 1.54) is 13.0 Å². The Bertz CT molecular complexity index is 565. The van der Waals surface area contributed by atoms with Gasteiger partial charge in [-0.2, -0.15) is 5.26 Å². The minimum absolute atomic E-state index is 0.0329. The van der Waals surface area contributed by atoms with Crippen molar-refractivity contribution in [3.63, 3.8) is 0 Å². The van der Waals surface area contributed by atoms with Crippen molar-refractivity contribution in [3.8, 4) is 11.8 Å². The Kier molecular flexibility index (Phi) is 4.07. The van der Waals surface area contributed by atoms with E-state index in [1.54, 1.807) is 6.92 Å². The van der Waals surface area contributed by atoms with E-state index in [-0.39, 0.29) is 11.4 Å². The number of nitrogens with one attached hydrogen (secondary N) is 1. The highest BCUT2D eigenvalue weighted by Gasteiger charge is 2.31. The number of hydrogen-bond acceptors (Lipinski definition) is 5. The lowest BCUT2D eigenvalue weighted by molar-refractivity contribution is -0.384. The van der Waals surface area contributed by atoms with Gasteiger partial charge in [0, 0.05) is 6.07 Å². The topological polar surface area (TPSA) is 116 Å². The molecule has 1 atom stereocenters. The average molecular weight is 263 g/mol. The summed E-state index contributed by atoms with van der Waals surface area (Å²) >= 11 is 0. The molecule has 0 spiro atoms. The van der Waals surface area contributed by atoms with Crippen LogP contribution in [0.25, 0.3) is 0 Å². The molecule has 19 heavy (non-hydrogen) atoms. The lowest BCUT2D eigenvalue weighted by Crippen LogP contribution is -2.31. The Labute approximate surface area is 109 Å². The quantitative estimate of drug-likeness (QED) is 0.490. The summed E-state index contributed by atoms with van der Waals surface area (Å²) in [6, 6.07) is 5.21. The molecule has 0 aliphatic rings. The van der Waals surface area contributed by atoms with Crippen LogP contribution in [0, 0.1) is 26.9 Å². The summed E-state index contributed by atoms with van der Waals surface area (Å²) in [7, 11) is 0. The molecule has 2 N–H and O–H groups in total. The van der Waals surface area contributed by atoms with E-state index in [0.29, 0.717) is 6.42 Å². The maximum Gasteiger partial charge on any atom is 0.273 e. The molecule has 1 amide bonds. The fraction of sp³-hybridized carbons (Fsp3) is 0.333. The Morgan fingerprint density at radius 1 is 1.63 bits per heavy atom. The number of phenols is 1. The molecule has 1 rings (SSSR count). The Balaban J connectivity index is 2.99. The molecule has 0 aliphatic heterocycles. The molecule has 0 aromatic heterocycles. The van der Waals surface area contributed by atoms with E-state index in [9.17, 15) is 20.0 Å². The minimum Gasteiger partial charge on any atom is -0.506 e. The van der Waals surface area contributed by atoms with Crippen molar-refractivity contribution in [2.45, 2.75) is 20.3 Å². The van der Waals surface area contributed by atoms with Crippen molar-refractivity contribution in [2.24, 2.45) is 5.41 Å². The number of carbonyl (C=O) groups excluding carboxylic acids is 1. The number of hydrogen-bond donors (Lipinski definition) is 2. The SMILES string of the molecule is CCC(C)(C#N)C(=O)Nc1ccc([N+](=O)[O-])cc1O. The summed E-state index contributed by atoms with van der Waals surface area (Å²) in [5, 5.41) is 31.4. The van der Waals surface area contributed by atoms with Crippen molar-refractivity contribution in [2.75, 3.05) is 5.32 Å². The molecule has 0 heterocycles. The van der Waals surface area contributed by atoms with Crippen LogP contribution in [0.5, 0.6) is 5.75 Å². The predicted molar refractivity (Wildman–Crippen MR) is 67.4 cm³/mol. The molecule has 100 valence electrons. The highest BCUT2D eigenvalue weighted by atomic mass is 16.6. The lowest BCUT2D eigenvalue weighted by atomic mass is 9.88. The van der Waals surface area contributed by atoms with Gasteiger partial charge in [0.1, 0.15) is 11.2 Å². The zero-order valence-corrected chi connectivity index (χ0v) is 10.5. The smallest absolute Gasteiger partial charge is 0.273 e. The number of nitro benzene ring substituents is 1. The van der Waals surface area contributed by atoms with E-state index in [4.69, 9.17) is 5.26 Å². The van der Waals surface area contributed by atoms with Gasteiger partial charge in [-0.15, -0.1) is 0 Å². The van der Waals surface area contributed by atoms with Crippen LogP contribution in [0.15, 0.2) is 18.2 Å². The van der Waals surface area contributed by atoms with Crippen LogP contribution in [0.2, 0.25) is 0 Å². The van der Waals surface area contributed by atoms with Gasteiger partial charge in [-0.05, 0) is 19.4 Å². The van der Waals surface area contributed by atoms with Crippen molar-refractivity contribution in [3.05, 3.63) is 28.3 Å². The third-order valence-electron chi connectivity index (χ3n) is 2.90. The summed E-state index contributed by atoms with van der Waals surface area (Å²) < 4.78 is 0. The first-order chi connectivity index (χ1) is 8.84. The lowest BCUT2D eigenvalue weighted by Gasteiger charge is -2.18. The van der Waals surface area contributed by atoms with Crippen molar-refractivity contribution in [1.82, 2.24) is 0 Å². The Hall–Kier alpha value is -2.62. The fourth-order valence-corrected chi connectivity index (χ4v) is 1.29. The maximum atomic E-state index is 11.9. The molecule has 1 unspecified atom stereocenters. The van der Waals surface area contributed by atoms with Crippen molar-refractivity contribution >= 4 is 17.3 Å². The zero-order valence-electron chi connectivity index (χ0n) is 10.5. The molecule has 7 heteroatoms. The number of phenolic OH excluding ortho intramolecular Hbond substituents is 1. The van der Waals surface area contributed by atoms with Gasteiger partial charge in [-0.1, -0.05) is 6.92 Å². The van der Waals surface area contributed by atoms with Crippen LogP contribution < -0.4 is 5.32 Å². The van der Waals surface area contributed by atoms with E-state index in [0.717, 1.165) is 12.1 Å². The first-order valence-electron chi connectivity index (χ1n) is 5.54. The zero-order chi connectivity index (χ0) is 14.6. The van der Waals surface area contributed by atoms with E-state index < -0.39 is 22.0 Å². The standard InChI is InChI=1S/C12H13N3O4/c1-3-12(2,7-13)11(17)14-9-5-4-8(15(18)19)6-10(9)16/h4-6,16H,3H2,1-2H3,(H,14,17). The summed E-state index contributed by atoms with van der Waals surface area (Å²) in [6.07, 6.45) is 0.309. The van der Waals surface area contributed by atoms with E-state index in [2.05, 4.69) is 5.32 Å². The second-order valence-corrected chi connectivity index (χ2v) is 4.21. The predicted octanol–water partition coefficient (Wildman–Crippen LogP) is 2.18. The number of nitriles is 1. The van der Waals surface area contributed by atoms with Gasteiger partial charge >= 0.3 is 0 Å². The third-order valence-corrected chi connectivity index (χ3v) is 2.90. The largest absolute Gasteiger partial charge is 0.506 e. The number of benzene rings is 1. The van der Waals surface area contributed by atoms with Gasteiger partial charge in [0.05, 0.1) is 22.7 Å². The van der Waals surface area contributed by atoms with Crippen LogP contribution in [0.3, 0.4) is 0 Å². The van der Waals surface area contributed by atoms with Crippen LogP contribution in [0.4, 0.5) is 11.4 Å². The second-order valence-electron chi connectivity index (χ2n) is 4.21. The number of nitrogens with zero attached hydrogens (tertiary/aromatic N) is 2. The number of aromatic hydroxyl groups is 1. The number of anilines is 1. The molecule has 1 aromatic carbocycles. The molecule has 0 aliphatic carbocycles. The summed E-state index contributed by atoms with van der Waals surface area (Å²) in [5.74, 6) is -0.986. The molecule has 1 aromatic rings. The Morgan fingerprint density at radius 2 is 2.26 bits per heavy atom. The first-order valence-corrected chi connectivity index (χ1v) is 5.54. The molecule has 0 fully saturated rings. The van der Waals surface area contributed by atoms with Gasteiger partial charge in [0.25, 0.3) is 5.69 Å². The van der Waals surface area contributed by atoms with Crippen LogP contribution in [0.1, 0.15) is 20.3 Å². The number of carbonyl (C=O) groups is 1. The van der Waals surface area contributed by atoms with E-state index in [1.807, 2.05) is 6.07 Å². The highest BCUT2D eigenvalue weighted by Crippen LogP contribution is 2.30. The van der Waals surface area contributed by atoms with Gasteiger partial charge in [-0.25, -0.2) is 0 Å². The summed E-state index contributed by atoms with van der Waals surface area (Å²) in [6.45, 7) is 3.17. The average Bonchev–Trinajstić information content (AvgIpc) is 2.39. The monoisotopic (exact) mass is 263 g/mol. The molecule has 0 saturated carbocycles. The van der Waals surface area contributed by atoms with Crippen molar-refractivity contribution in [1.29, 1.82) is 5.26 Å². The van der Waals surface area contributed by atoms with Crippen LogP contribution >= 0.6 is 0 Å². The number of nitro groups is 1.